The summed E-state index contributed by atoms with van der Waals surface area (Å²) in [6, 6.07) is 22.4. The Hall–Kier alpha value is -3.85. The first kappa shape index (κ1) is 30.2. The van der Waals surface area contributed by atoms with Crippen LogP contribution in [0.4, 0.5) is 8.78 Å². The van der Waals surface area contributed by atoms with E-state index in [1.54, 1.807) is 19.5 Å². The van der Waals surface area contributed by atoms with Crippen molar-refractivity contribution in [1.29, 1.82) is 0 Å². The van der Waals surface area contributed by atoms with E-state index in [-0.39, 0.29) is 38.5 Å². The minimum atomic E-state index is -0.648. The smallest absolute Gasteiger partial charge is 0.266 e. The first-order valence-electron chi connectivity index (χ1n) is 14.6. The van der Waals surface area contributed by atoms with Crippen molar-refractivity contribution in [1.82, 2.24) is 15.2 Å². The number of nitrogens with one attached hydrogen (secondary N) is 1. The van der Waals surface area contributed by atoms with Gasteiger partial charge in [0.2, 0.25) is 0 Å². The van der Waals surface area contributed by atoms with Gasteiger partial charge >= 0.3 is 0 Å². The van der Waals surface area contributed by atoms with Gasteiger partial charge in [0.05, 0.1) is 22.2 Å². The van der Waals surface area contributed by atoms with Gasteiger partial charge in [-0.2, -0.15) is 0 Å². The Morgan fingerprint density at radius 1 is 0.977 bits per heavy atom. The van der Waals surface area contributed by atoms with Crippen LogP contribution in [0.2, 0.25) is 5.02 Å². The fourth-order valence-corrected chi connectivity index (χ4v) is 7.50. The van der Waals surface area contributed by atoms with Gasteiger partial charge in [0, 0.05) is 43.1 Å². The minimum Gasteiger partial charge on any atom is -0.496 e. The quantitative estimate of drug-likeness (QED) is 0.177. The zero-order valence-electron chi connectivity index (χ0n) is 24.2. The fourth-order valence-electron chi connectivity index (χ4n) is 5.99. The van der Waals surface area contributed by atoms with Crippen LogP contribution in [0.15, 0.2) is 85.2 Å². The van der Waals surface area contributed by atoms with E-state index in [0.717, 1.165) is 72.4 Å². The predicted molar refractivity (Wildman–Crippen MR) is 172 cm³/mol. The number of nitrogens with zero attached hydrogens (tertiary/aromatic N) is 2. The van der Waals surface area contributed by atoms with Crippen LogP contribution in [-0.4, -0.2) is 35.0 Å². The summed E-state index contributed by atoms with van der Waals surface area (Å²) in [5.74, 6) is -0.939. The second-order valence-electron chi connectivity index (χ2n) is 11.0. The summed E-state index contributed by atoms with van der Waals surface area (Å²) in [5.41, 5.74) is 4.01. The van der Waals surface area contributed by atoms with Crippen LogP contribution in [0.3, 0.4) is 0 Å². The number of benzene rings is 3. The maximum Gasteiger partial charge on any atom is 0.266 e. The summed E-state index contributed by atoms with van der Waals surface area (Å²) < 4.78 is 35.2. The van der Waals surface area contributed by atoms with E-state index >= 15 is 0 Å². The molecule has 0 spiro atoms. The van der Waals surface area contributed by atoms with E-state index in [4.69, 9.17) is 16.3 Å². The molecular weight excluding hydrogens is 600 g/mol. The fraction of sp³-hybridized carbons (Fsp3) is 0.257. The molecule has 9 heteroatoms. The number of hydrogen-bond donors (Lipinski definition) is 1. The highest BCUT2D eigenvalue weighted by atomic mass is 35.5. The highest BCUT2D eigenvalue weighted by Gasteiger charge is 2.33. The average Bonchev–Trinajstić information content (AvgIpc) is 3.43. The number of methoxy groups -OCH3 is 1. The van der Waals surface area contributed by atoms with Crippen LogP contribution in [-0.2, 0) is 13.1 Å². The summed E-state index contributed by atoms with van der Waals surface area (Å²) in [4.78, 5) is 20.4. The molecule has 44 heavy (non-hydrogen) atoms. The van der Waals surface area contributed by atoms with Gasteiger partial charge in [0.25, 0.3) is 5.91 Å². The Morgan fingerprint density at radius 2 is 1.70 bits per heavy atom. The lowest BCUT2D eigenvalue weighted by molar-refractivity contribution is 0.0603. The first-order chi connectivity index (χ1) is 21.4. The predicted octanol–water partition coefficient (Wildman–Crippen LogP) is 8.65. The Morgan fingerprint density at radius 3 is 2.41 bits per heavy atom. The van der Waals surface area contributed by atoms with Crippen LogP contribution in [0.1, 0.15) is 46.5 Å². The highest BCUT2D eigenvalue weighted by molar-refractivity contribution is 7.21. The summed E-state index contributed by atoms with van der Waals surface area (Å²) in [7, 11) is 1.61. The molecule has 1 aliphatic rings. The van der Waals surface area contributed by atoms with Crippen molar-refractivity contribution in [2.75, 3.05) is 7.11 Å². The first-order valence-corrected chi connectivity index (χ1v) is 15.8. The number of ether oxygens (including phenoxy) is 1. The number of carbonyl (C=O) groups is 1. The summed E-state index contributed by atoms with van der Waals surface area (Å²) in [6.45, 7) is 1.04. The van der Waals surface area contributed by atoms with Crippen LogP contribution < -0.4 is 10.1 Å². The summed E-state index contributed by atoms with van der Waals surface area (Å²) >= 11 is 7.52. The van der Waals surface area contributed by atoms with E-state index in [2.05, 4.69) is 22.4 Å². The number of halogens is 3. The molecule has 0 atom stereocenters. The number of rotatable bonds is 9. The van der Waals surface area contributed by atoms with Crippen molar-refractivity contribution in [3.05, 3.63) is 118 Å². The van der Waals surface area contributed by atoms with Gasteiger partial charge in [-0.1, -0.05) is 48.0 Å². The lowest BCUT2D eigenvalue weighted by Gasteiger charge is -2.37. The van der Waals surface area contributed by atoms with Gasteiger partial charge in [-0.3, -0.25) is 9.78 Å². The highest BCUT2D eigenvalue weighted by Crippen LogP contribution is 2.40. The van der Waals surface area contributed by atoms with Gasteiger partial charge in [-0.05, 0) is 78.8 Å². The molecular formula is C35H32ClF2N3O2S. The molecule has 226 valence electrons. The van der Waals surface area contributed by atoms with Crippen molar-refractivity contribution in [2.24, 2.45) is 0 Å². The Bertz CT molecular complexity index is 1760. The lowest BCUT2D eigenvalue weighted by Crippen LogP contribution is -2.44. The largest absolute Gasteiger partial charge is 0.496 e. The average molecular weight is 632 g/mol. The van der Waals surface area contributed by atoms with Crippen molar-refractivity contribution in [2.45, 2.75) is 50.9 Å². The molecule has 0 radical (unpaired) electrons. The van der Waals surface area contributed by atoms with Crippen molar-refractivity contribution < 1.29 is 18.3 Å². The second-order valence-corrected chi connectivity index (χ2v) is 12.4. The molecule has 1 saturated carbocycles. The van der Waals surface area contributed by atoms with E-state index in [0.29, 0.717) is 11.8 Å². The molecule has 2 aromatic heterocycles. The van der Waals surface area contributed by atoms with E-state index in [1.165, 1.54) is 5.56 Å². The molecule has 2 heterocycles. The van der Waals surface area contributed by atoms with Gasteiger partial charge in [-0.25, -0.2) is 8.78 Å². The van der Waals surface area contributed by atoms with Crippen LogP contribution in [0, 0.1) is 11.6 Å². The maximum absolute atomic E-state index is 14.8. The van der Waals surface area contributed by atoms with Crippen LogP contribution in [0.5, 0.6) is 5.75 Å². The topological polar surface area (TPSA) is 54.5 Å². The van der Waals surface area contributed by atoms with Crippen molar-refractivity contribution in [3.63, 3.8) is 0 Å². The number of carbonyl (C=O) groups excluding carboxylic acids is 1. The Kier molecular flexibility index (Phi) is 9.21. The molecule has 0 bridgehead atoms. The number of thiophene rings is 1. The van der Waals surface area contributed by atoms with E-state index in [9.17, 15) is 13.6 Å². The number of fused-ring (bicyclic) bond motifs is 1. The molecule has 0 saturated heterocycles. The van der Waals surface area contributed by atoms with E-state index in [1.807, 2.05) is 53.4 Å². The molecule has 6 rings (SSSR count). The SMILES string of the molecule is COc1ccc(-c2ccncc2)cc1CN(C(=O)c1sc2c(F)ccc(F)c2c1Cl)[C@H]1CC[C@H](NCc2ccccc2)CC1. The molecule has 0 aliphatic heterocycles. The summed E-state index contributed by atoms with van der Waals surface area (Å²) in [6.07, 6.45) is 6.80. The van der Waals surface area contributed by atoms with Gasteiger partial charge in [0.15, 0.2) is 0 Å². The molecule has 5 nitrogen and oxygen atoms in total. The van der Waals surface area contributed by atoms with Gasteiger partial charge in [0.1, 0.15) is 22.3 Å². The number of hydrogen-bond acceptors (Lipinski definition) is 5. The van der Waals surface area contributed by atoms with Crippen molar-refractivity contribution >= 4 is 38.9 Å². The minimum absolute atomic E-state index is 0.0457. The van der Waals surface area contributed by atoms with Crippen LogP contribution in [0.25, 0.3) is 21.2 Å². The normalized spacial score (nSPS) is 16.6. The third-order valence-corrected chi connectivity index (χ3v) is 10.0. The molecule has 3 aromatic carbocycles. The summed E-state index contributed by atoms with van der Waals surface area (Å²) in [5, 5.41) is 3.56. The zero-order chi connectivity index (χ0) is 30.6. The monoisotopic (exact) mass is 631 g/mol. The number of pyridine rings is 1. The van der Waals surface area contributed by atoms with Gasteiger partial charge < -0.3 is 15.0 Å². The third kappa shape index (κ3) is 6.34. The van der Waals surface area contributed by atoms with Crippen LogP contribution >= 0.6 is 22.9 Å². The third-order valence-electron chi connectivity index (χ3n) is 8.35. The molecule has 0 unspecified atom stereocenters. The maximum atomic E-state index is 14.8. The number of amides is 1. The van der Waals surface area contributed by atoms with Gasteiger partial charge in [-0.15, -0.1) is 11.3 Å². The molecule has 1 N–H and O–H groups in total. The zero-order valence-corrected chi connectivity index (χ0v) is 25.8. The Balaban J connectivity index is 1.31. The molecule has 1 amide bonds. The number of aromatic nitrogens is 1. The lowest BCUT2D eigenvalue weighted by atomic mass is 9.89. The second kappa shape index (κ2) is 13.4. The Labute approximate surface area is 264 Å². The molecule has 1 aliphatic carbocycles. The van der Waals surface area contributed by atoms with Crippen molar-refractivity contribution in [3.8, 4) is 16.9 Å². The standard InChI is InChI=1S/C35H32ClF2N3O2S/c1-43-30-14-7-24(23-15-17-39-18-16-23)19-25(30)21-41(27-10-8-26(9-11-27)40-20-22-5-3-2-4-6-22)35(42)34-32(36)31-28(37)12-13-29(38)33(31)44-34/h2-7,12-19,26-27,40H,8-11,20-21H2,1H3/t26-,27-. The molecule has 5 aromatic rings. The van der Waals surface area contributed by atoms with E-state index < -0.39 is 11.6 Å². The molecule has 1 fully saturated rings.